The van der Waals surface area contributed by atoms with Gasteiger partial charge in [-0.2, -0.15) is 0 Å². The SMILES string of the molecule is COc1cc(CNC(C)c2ccccc2)cc(Br)c1OCc1cccnc1. The van der Waals surface area contributed by atoms with Crippen LogP contribution in [0.3, 0.4) is 0 Å². The molecule has 0 radical (unpaired) electrons. The van der Waals surface area contributed by atoms with Crippen molar-refractivity contribution < 1.29 is 9.47 Å². The van der Waals surface area contributed by atoms with Gasteiger partial charge in [-0.1, -0.05) is 36.4 Å². The molecule has 27 heavy (non-hydrogen) atoms. The summed E-state index contributed by atoms with van der Waals surface area (Å²) in [6.45, 7) is 3.33. The van der Waals surface area contributed by atoms with Crippen LogP contribution in [0.25, 0.3) is 0 Å². The number of halogens is 1. The van der Waals surface area contributed by atoms with Crippen molar-refractivity contribution in [2.24, 2.45) is 0 Å². The van der Waals surface area contributed by atoms with E-state index in [0.717, 1.165) is 22.1 Å². The number of rotatable bonds is 8. The van der Waals surface area contributed by atoms with E-state index >= 15 is 0 Å². The molecule has 1 aromatic heterocycles. The summed E-state index contributed by atoms with van der Waals surface area (Å²) in [5.41, 5.74) is 3.39. The Balaban J connectivity index is 1.68. The molecule has 1 N–H and O–H groups in total. The fraction of sp³-hybridized carbons (Fsp3) is 0.227. The molecule has 1 atom stereocenters. The average molecular weight is 427 g/mol. The molecule has 0 aliphatic heterocycles. The van der Waals surface area contributed by atoms with Gasteiger partial charge >= 0.3 is 0 Å². The Bertz CT molecular complexity index is 857. The zero-order valence-corrected chi connectivity index (χ0v) is 17.1. The van der Waals surface area contributed by atoms with E-state index in [-0.39, 0.29) is 6.04 Å². The lowest BCUT2D eigenvalue weighted by atomic mass is 10.1. The van der Waals surface area contributed by atoms with Gasteiger partial charge in [0.2, 0.25) is 0 Å². The lowest BCUT2D eigenvalue weighted by Gasteiger charge is -2.17. The first kappa shape index (κ1) is 19.4. The van der Waals surface area contributed by atoms with Crippen LogP contribution in [0.2, 0.25) is 0 Å². The van der Waals surface area contributed by atoms with Gasteiger partial charge in [-0.15, -0.1) is 0 Å². The van der Waals surface area contributed by atoms with Gasteiger partial charge in [-0.05, 0) is 52.2 Å². The monoisotopic (exact) mass is 426 g/mol. The molecule has 0 saturated carbocycles. The lowest BCUT2D eigenvalue weighted by Crippen LogP contribution is -2.18. The number of hydrogen-bond donors (Lipinski definition) is 1. The van der Waals surface area contributed by atoms with Crippen LogP contribution in [0.4, 0.5) is 0 Å². The second-order valence-corrected chi connectivity index (χ2v) is 7.13. The molecule has 4 nitrogen and oxygen atoms in total. The van der Waals surface area contributed by atoms with E-state index in [1.807, 2.05) is 24.3 Å². The minimum Gasteiger partial charge on any atom is -0.493 e. The number of pyridine rings is 1. The Kier molecular flexibility index (Phi) is 6.85. The molecule has 3 aromatic rings. The third-order valence-corrected chi connectivity index (χ3v) is 4.90. The highest BCUT2D eigenvalue weighted by Gasteiger charge is 2.13. The van der Waals surface area contributed by atoms with Gasteiger partial charge in [-0.25, -0.2) is 0 Å². The number of nitrogens with zero attached hydrogens (tertiary/aromatic N) is 1. The standard InChI is InChI=1S/C22H23BrN2O2/c1-16(19-8-4-3-5-9-19)25-14-18-11-20(23)22(21(12-18)26-2)27-15-17-7-6-10-24-13-17/h3-13,16,25H,14-15H2,1-2H3. The quantitative estimate of drug-likeness (QED) is 0.531. The Morgan fingerprint density at radius 1 is 1.07 bits per heavy atom. The minimum atomic E-state index is 0.262. The number of nitrogens with one attached hydrogen (secondary N) is 1. The second-order valence-electron chi connectivity index (χ2n) is 6.27. The van der Waals surface area contributed by atoms with Crippen LogP contribution in [-0.2, 0) is 13.2 Å². The zero-order chi connectivity index (χ0) is 19.1. The zero-order valence-electron chi connectivity index (χ0n) is 15.5. The maximum Gasteiger partial charge on any atom is 0.175 e. The maximum absolute atomic E-state index is 5.96. The first-order valence-electron chi connectivity index (χ1n) is 8.84. The number of aromatic nitrogens is 1. The van der Waals surface area contributed by atoms with Crippen LogP contribution < -0.4 is 14.8 Å². The molecule has 0 fully saturated rings. The molecule has 3 rings (SSSR count). The molecule has 0 aliphatic carbocycles. The molecular weight excluding hydrogens is 404 g/mol. The average Bonchev–Trinajstić information content (AvgIpc) is 2.72. The number of methoxy groups -OCH3 is 1. The lowest BCUT2D eigenvalue weighted by molar-refractivity contribution is 0.282. The van der Waals surface area contributed by atoms with E-state index in [1.165, 1.54) is 5.56 Å². The molecule has 1 unspecified atom stereocenters. The van der Waals surface area contributed by atoms with Gasteiger partial charge in [0.05, 0.1) is 11.6 Å². The van der Waals surface area contributed by atoms with Crippen LogP contribution >= 0.6 is 15.9 Å². The van der Waals surface area contributed by atoms with Gasteiger partial charge in [0.15, 0.2) is 11.5 Å². The first-order valence-corrected chi connectivity index (χ1v) is 9.63. The van der Waals surface area contributed by atoms with Crippen LogP contribution in [0.15, 0.2) is 71.5 Å². The number of hydrogen-bond acceptors (Lipinski definition) is 4. The Hall–Kier alpha value is -2.37. The molecule has 140 valence electrons. The van der Waals surface area contributed by atoms with Crippen LogP contribution in [-0.4, -0.2) is 12.1 Å². The van der Waals surface area contributed by atoms with Gasteiger partial charge in [0.25, 0.3) is 0 Å². The highest BCUT2D eigenvalue weighted by molar-refractivity contribution is 9.10. The third-order valence-electron chi connectivity index (χ3n) is 4.31. The summed E-state index contributed by atoms with van der Waals surface area (Å²) < 4.78 is 12.4. The summed E-state index contributed by atoms with van der Waals surface area (Å²) in [4.78, 5) is 4.11. The molecule has 0 saturated heterocycles. The van der Waals surface area contributed by atoms with Crippen molar-refractivity contribution in [1.82, 2.24) is 10.3 Å². The molecule has 0 spiro atoms. The Morgan fingerprint density at radius 2 is 1.89 bits per heavy atom. The van der Waals surface area contributed by atoms with E-state index in [0.29, 0.717) is 18.1 Å². The molecule has 5 heteroatoms. The van der Waals surface area contributed by atoms with Crippen molar-refractivity contribution in [2.45, 2.75) is 26.1 Å². The molecule has 0 amide bonds. The fourth-order valence-corrected chi connectivity index (χ4v) is 3.39. The van der Waals surface area contributed by atoms with Crippen molar-refractivity contribution in [3.05, 3.63) is 88.2 Å². The van der Waals surface area contributed by atoms with E-state index < -0.39 is 0 Å². The largest absolute Gasteiger partial charge is 0.493 e. The summed E-state index contributed by atoms with van der Waals surface area (Å²) in [7, 11) is 1.66. The Morgan fingerprint density at radius 3 is 2.59 bits per heavy atom. The molecule has 2 aromatic carbocycles. The fourth-order valence-electron chi connectivity index (χ4n) is 2.78. The summed E-state index contributed by atoms with van der Waals surface area (Å²) in [5, 5.41) is 3.55. The van der Waals surface area contributed by atoms with Crippen molar-refractivity contribution >= 4 is 15.9 Å². The van der Waals surface area contributed by atoms with Crippen LogP contribution in [0.1, 0.15) is 29.7 Å². The van der Waals surface area contributed by atoms with Crippen LogP contribution in [0, 0.1) is 0 Å². The molecule has 0 aliphatic rings. The van der Waals surface area contributed by atoms with E-state index in [9.17, 15) is 0 Å². The summed E-state index contributed by atoms with van der Waals surface area (Å²) in [6, 6.07) is 18.6. The summed E-state index contributed by atoms with van der Waals surface area (Å²) in [6.07, 6.45) is 3.54. The van der Waals surface area contributed by atoms with E-state index in [1.54, 1.807) is 19.5 Å². The van der Waals surface area contributed by atoms with Crippen molar-refractivity contribution in [3.8, 4) is 11.5 Å². The second kappa shape index (κ2) is 9.53. The van der Waals surface area contributed by atoms with Gasteiger partial charge in [0.1, 0.15) is 6.61 Å². The Labute approximate surface area is 168 Å². The highest BCUT2D eigenvalue weighted by Crippen LogP contribution is 2.37. The van der Waals surface area contributed by atoms with Crippen LogP contribution in [0.5, 0.6) is 11.5 Å². The van der Waals surface area contributed by atoms with Crippen molar-refractivity contribution in [3.63, 3.8) is 0 Å². The van der Waals surface area contributed by atoms with E-state index in [2.05, 4.69) is 63.5 Å². The predicted molar refractivity (Wildman–Crippen MR) is 111 cm³/mol. The molecule has 1 heterocycles. The minimum absolute atomic E-state index is 0.262. The summed E-state index contributed by atoms with van der Waals surface area (Å²) in [5.74, 6) is 1.40. The topological polar surface area (TPSA) is 43.4 Å². The van der Waals surface area contributed by atoms with Crippen molar-refractivity contribution in [1.29, 1.82) is 0 Å². The first-order chi connectivity index (χ1) is 13.2. The number of benzene rings is 2. The van der Waals surface area contributed by atoms with E-state index in [4.69, 9.17) is 9.47 Å². The maximum atomic E-state index is 5.96. The molecule has 0 bridgehead atoms. The van der Waals surface area contributed by atoms with Gasteiger partial charge in [0, 0.05) is 30.5 Å². The normalized spacial score (nSPS) is 11.8. The summed E-state index contributed by atoms with van der Waals surface area (Å²) >= 11 is 3.62. The van der Waals surface area contributed by atoms with Gasteiger partial charge in [-0.3, -0.25) is 4.98 Å². The third kappa shape index (κ3) is 5.31. The highest BCUT2D eigenvalue weighted by atomic mass is 79.9. The number of ether oxygens (including phenoxy) is 2. The molecular formula is C22H23BrN2O2. The van der Waals surface area contributed by atoms with Crippen molar-refractivity contribution in [2.75, 3.05) is 7.11 Å². The van der Waals surface area contributed by atoms with Gasteiger partial charge < -0.3 is 14.8 Å². The smallest absolute Gasteiger partial charge is 0.175 e. The predicted octanol–water partition coefficient (Wildman–Crippen LogP) is 5.28.